The molecule has 0 aliphatic heterocycles. The molecule has 0 saturated heterocycles. The van der Waals surface area contributed by atoms with Gasteiger partial charge in [0.15, 0.2) is 0 Å². The fraction of sp³-hybridized carbons (Fsp3) is 0.375. The number of hydrogen-bond acceptors (Lipinski definition) is 5. The SMILES string of the molecule is CCCn1c(Nc2cnn(Cc3cccc(C)c3)c2)nc2sc3c(c2c1=O)CCCC3. The van der Waals surface area contributed by atoms with Gasteiger partial charge in [0, 0.05) is 17.6 Å². The minimum atomic E-state index is 0.0842. The fourth-order valence-electron chi connectivity index (χ4n) is 4.41. The van der Waals surface area contributed by atoms with Gasteiger partial charge in [0.05, 0.1) is 23.8 Å². The summed E-state index contributed by atoms with van der Waals surface area (Å²) in [5.74, 6) is 0.605. The number of rotatable bonds is 6. The second-order valence-electron chi connectivity index (χ2n) is 8.32. The minimum Gasteiger partial charge on any atom is -0.323 e. The Morgan fingerprint density at radius 2 is 2.10 bits per heavy atom. The summed E-state index contributed by atoms with van der Waals surface area (Å²) in [5, 5.41) is 8.70. The lowest BCUT2D eigenvalue weighted by Crippen LogP contribution is -2.24. The Morgan fingerprint density at radius 3 is 2.94 bits per heavy atom. The first kappa shape index (κ1) is 20.0. The van der Waals surface area contributed by atoms with Gasteiger partial charge in [0.25, 0.3) is 5.56 Å². The zero-order valence-corrected chi connectivity index (χ0v) is 18.8. The van der Waals surface area contributed by atoms with Crippen molar-refractivity contribution in [1.82, 2.24) is 19.3 Å². The third-order valence-electron chi connectivity index (χ3n) is 5.84. The number of anilines is 2. The summed E-state index contributed by atoms with van der Waals surface area (Å²) in [5.41, 5.74) is 4.61. The first-order valence-corrected chi connectivity index (χ1v) is 11.8. The smallest absolute Gasteiger partial charge is 0.263 e. The van der Waals surface area contributed by atoms with Crippen molar-refractivity contribution in [3.63, 3.8) is 0 Å². The second kappa shape index (κ2) is 8.30. The molecule has 0 radical (unpaired) electrons. The van der Waals surface area contributed by atoms with E-state index in [2.05, 4.69) is 48.5 Å². The van der Waals surface area contributed by atoms with Crippen molar-refractivity contribution in [2.75, 3.05) is 5.32 Å². The van der Waals surface area contributed by atoms with Crippen LogP contribution < -0.4 is 10.9 Å². The number of benzene rings is 1. The molecule has 0 atom stereocenters. The number of fused-ring (bicyclic) bond motifs is 3. The summed E-state index contributed by atoms with van der Waals surface area (Å²) in [6, 6.07) is 8.43. The highest BCUT2D eigenvalue weighted by Crippen LogP contribution is 2.34. The molecule has 160 valence electrons. The average molecular weight is 434 g/mol. The molecule has 0 amide bonds. The summed E-state index contributed by atoms with van der Waals surface area (Å²) in [4.78, 5) is 20.5. The number of nitrogens with zero attached hydrogens (tertiary/aromatic N) is 4. The van der Waals surface area contributed by atoms with Crippen LogP contribution in [0.3, 0.4) is 0 Å². The predicted octanol–water partition coefficient (Wildman–Crippen LogP) is 5.04. The molecule has 7 heteroatoms. The standard InChI is InChI=1S/C24H27N5OS/c1-3-11-29-23(30)21-19-9-4-5-10-20(19)31-22(21)27-24(29)26-18-13-25-28(15-18)14-17-8-6-7-16(2)12-17/h6-8,12-13,15H,3-5,9-11,14H2,1-2H3,(H,26,27). The summed E-state index contributed by atoms with van der Waals surface area (Å²) in [6.45, 7) is 5.53. The number of nitrogens with one attached hydrogen (secondary N) is 1. The van der Waals surface area contributed by atoms with Crippen LogP contribution in [0.15, 0.2) is 41.5 Å². The molecular formula is C24H27N5OS. The van der Waals surface area contributed by atoms with Gasteiger partial charge in [-0.25, -0.2) is 4.98 Å². The fourth-order valence-corrected chi connectivity index (χ4v) is 5.66. The molecule has 0 fully saturated rings. The van der Waals surface area contributed by atoms with Gasteiger partial charge >= 0.3 is 0 Å². The Morgan fingerprint density at radius 1 is 1.23 bits per heavy atom. The molecule has 5 rings (SSSR count). The molecule has 0 bridgehead atoms. The van der Waals surface area contributed by atoms with Crippen molar-refractivity contribution in [2.24, 2.45) is 0 Å². The topological polar surface area (TPSA) is 64.7 Å². The molecule has 1 aliphatic carbocycles. The molecule has 1 N–H and O–H groups in total. The number of aromatic nitrogens is 4. The highest BCUT2D eigenvalue weighted by molar-refractivity contribution is 7.18. The van der Waals surface area contributed by atoms with Crippen molar-refractivity contribution < 1.29 is 0 Å². The maximum Gasteiger partial charge on any atom is 0.263 e. The van der Waals surface area contributed by atoms with E-state index in [-0.39, 0.29) is 5.56 Å². The average Bonchev–Trinajstić information content (AvgIpc) is 3.34. The van der Waals surface area contributed by atoms with E-state index in [4.69, 9.17) is 4.98 Å². The molecule has 3 aromatic heterocycles. The van der Waals surface area contributed by atoms with Crippen molar-refractivity contribution in [3.8, 4) is 0 Å². The Balaban J connectivity index is 1.48. The summed E-state index contributed by atoms with van der Waals surface area (Å²) in [7, 11) is 0. The first-order chi connectivity index (χ1) is 15.1. The largest absolute Gasteiger partial charge is 0.323 e. The molecular weight excluding hydrogens is 406 g/mol. The van der Waals surface area contributed by atoms with Crippen LogP contribution in [0.5, 0.6) is 0 Å². The monoisotopic (exact) mass is 433 g/mol. The van der Waals surface area contributed by atoms with Gasteiger partial charge in [0.1, 0.15) is 4.83 Å². The quantitative estimate of drug-likeness (QED) is 0.462. The summed E-state index contributed by atoms with van der Waals surface area (Å²) < 4.78 is 3.70. The van der Waals surface area contributed by atoms with Crippen molar-refractivity contribution >= 4 is 33.2 Å². The third kappa shape index (κ3) is 3.90. The van der Waals surface area contributed by atoms with Gasteiger partial charge in [-0.2, -0.15) is 5.10 Å². The van der Waals surface area contributed by atoms with Crippen LogP contribution in [0.25, 0.3) is 10.2 Å². The summed E-state index contributed by atoms with van der Waals surface area (Å²) in [6.07, 6.45) is 9.06. The zero-order chi connectivity index (χ0) is 21.4. The molecule has 6 nitrogen and oxygen atoms in total. The Labute approximate surface area is 185 Å². The van der Waals surface area contributed by atoms with Crippen LogP contribution in [0.2, 0.25) is 0 Å². The van der Waals surface area contributed by atoms with E-state index in [1.807, 2.05) is 10.9 Å². The van der Waals surface area contributed by atoms with Gasteiger partial charge < -0.3 is 5.32 Å². The van der Waals surface area contributed by atoms with Crippen LogP contribution in [0.4, 0.5) is 11.6 Å². The molecule has 0 saturated carbocycles. The Hall–Kier alpha value is -2.93. The molecule has 0 unspecified atom stereocenters. The molecule has 0 spiro atoms. The maximum absolute atomic E-state index is 13.4. The van der Waals surface area contributed by atoms with Gasteiger partial charge in [-0.05, 0) is 50.2 Å². The van der Waals surface area contributed by atoms with Crippen molar-refractivity contribution in [1.29, 1.82) is 0 Å². The van der Waals surface area contributed by atoms with Gasteiger partial charge in [-0.15, -0.1) is 11.3 Å². The highest BCUT2D eigenvalue weighted by atomic mass is 32.1. The normalized spacial score (nSPS) is 13.5. The number of hydrogen-bond donors (Lipinski definition) is 1. The lowest BCUT2D eigenvalue weighted by Gasteiger charge is -2.13. The zero-order valence-electron chi connectivity index (χ0n) is 18.0. The Kier molecular flexibility index (Phi) is 5.36. The third-order valence-corrected chi connectivity index (χ3v) is 7.02. The Bertz CT molecular complexity index is 1300. The van der Waals surface area contributed by atoms with E-state index < -0.39 is 0 Å². The number of thiophene rings is 1. The van der Waals surface area contributed by atoms with Gasteiger partial charge in [0.2, 0.25) is 5.95 Å². The van der Waals surface area contributed by atoms with Crippen LogP contribution in [-0.2, 0) is 25.9 Å². The van der Waals surface area contributed by atoms with Crippen LogP contribution in [0.1, 0.15) is 47.8 Å². The van der Waals surface area contributed by atoms with Gasteiger partial charge in [-0.3, -0.25) is 14.0 Å². The predicted molar refractivity (Wildman–Crippen MR) is 127 cm³/mol. The lowest BCUT2D eigenvalue weighted by molar-refractivity contribution is 0.655. The van der Waals surface area contributed by atoms with Crippen molar-refractivity contribution in [3.05, 3.63) is 68.6 Å². The molecule has 1 aromatic carbocycles. The summed E-state index contributed by atoms with van der Waals surface area (Å²) >= 11 is 1.69. The van der Waals surface area contributed by atoms with Crippen LogP contribution in [-0.4, -0.2) is 19.3 Å². The van der Waals surface area contributed by atoms with Crippen LogP contribution in [0, 0.1) is 6.92 Å². The number of aryl methyl sites for hydroxylation is 3. The van der Waals surface area contributed by atoms with E-state index in [1.165, 1.54) is 28.0 Å². The molecule has 1 aliphatic rings. The maximum atomic E-state index is 13.4. The first-order valence-electron chi connectivity index (χ1n) is 11.0. The minimum absolute atomic E-state index is 0.0842. The van der Waals surface area contributed by atoms with Crippen LogP contribution >= 0.6 is 11.3 Å². The highest BCUT2D eigenvalue weighted by Gasteiger charge is 2.22. The van der Waals surface area contributed by atoms with E-state index >= 15 is 0 Å². The molecule has 4 aromatic rings. The van der Waals surface area contributed by atoms with Gasteiger partial charge in [-0.1, -0.05) is 36.8 Å². The van der Waals surface area contributed by atoms with Crippen molar-refractivity contribution in [2.45, 2.75) is 59.0 Å². The lowest BCUT2D eigenvalue weighted by atomic mass is 9.97. The van der Waals surface area contributed by atoms with E-state index in [0.29, 0.717) is 19.0 Å². The van der Waals surface area contributed by atoms with E-state index in [0.717, 1.165) is 41.6 Å². The second-order valence-corrected chi connectivity index (χ2v) is 9.41. The molecule has 3 heterocycles. The molecule has 31 heavy (non-hydrogen) atoms. The van der Waals surface area contributed by atoms with E-state index in [1.54, 1.807) is 22.1 Å². The van der Waals surface area contributed by atoms with E-state index in [9.17, 15) is 4.79 Å².